The van der Waals surface area contributed by atoms with E-state index < -0.39 is 41.5 Å². The number of nitrogens with one attached hydrogen (secondary N) is 5. The van der Waals surface area contributed by atoms with Gasteiger partial charge in [0.1, 0.15) is 17.2 Å². The molecule has 11 rings (SSSR count). The molecule has 5 aliphatic rings. The zero-order valence-electron chi connectivity index (χ0n) is 69.6. The number of carbonyl (C=O) groups is 3. The van der Waals surface area contributed by atoms with Crippen LogP contribution in [-0.2, 0) is 64.7 Å². The van der Waals surface area contributed by atoms with Crippen molar-refractivity contribution in [2.45, 2.75) is 166 Å². The number of sulfonamides is 2. The molecule has 28 nitrogen and oxygen atoms in total. The first-order valence-corrected chi connectivity index (χ1v) is 46.6. The van der Waals surface area contributed by atoms with E-state index >= 15 is 0 Å². The highest BCUT2D eigenvalue weighted by Gasteiger charge is 2.40. The molecule has 1 unspecified atom stereocenters. The number of alkyl halides is 3. The van der Waals surface area contributed by atoms with Gasteiger partial charge in [-0.25, -0.2) is 59.7 Å². The molecule has 6 aromatic rings. The number of benzene rings is 3. The summed E-state index contributed by atoms with van der Waals surface area (Å²) in [6.45, 7) is 8.74. The summed E-state index contributed by atoms with van der Waals surface area (Å²) < 4.78 is 129. The molecular weight excluding hydrogens is 1650 g/mol. The normalized spacial score (nSPS) is 20.4. The summed E-state index contributed by atoms with van der Waals surface area (Å²) in [7, 11) is 4.22. The van der Waals surface area contributed by atoms with Crippen LogP contribution < -0.4 is 40.8 Å². The number of piperidine rings is 2. The molecule has 3 saturated carbocycles. The minimum Gasteiger partial charge on any atom is -0.495 e. The number of Topliss-reactive ketones (excluding diaryl/α,β-unsaturated/α-hetero) is 1. The molecule has 0 spiro atoms. The van der Waals surface area contributed by atoms with E-state index in [-0.39, 0.29) is 88.6 Å². The summed E-state index contributed by atoms with van der Waals surface area (Å²) in [6, 6.07) is 11.5. The number of methoxy groups -OCH3 is 4. The summed E-state index contributed by atoms with van der Waals surface area (Å²) in [5.74, 6) is 5.77. The maximum atomic E-state index is 13.9. The lowest BCUT2D eigenvalue weighted by Crippen LogP contribution is -2.45. The molecule has 3 aliphatic carbocycles. The van der Waals surface area contributed by atoms with Crippen LogP contribution in [-0.4, -0.2) is 236 Å². The van der Waals surface area contributed by atoms with Gasteiger partial charge < -0.3 is 55.3 Å². The second-order valence-electron chi connectivity index (χ2n) is 31.5. The van der Waals surface area contributed by atoms with Gasteiger partial charge in [-0.1, -0.05) is 66.9 Å². The molecule has 5 heterocycles. The fourth-order valence-electron chi connectivity index (χ4n) is 16.3. The number of amides is 2. The van der Waals surface area contributed by atoms with E-state index in [2.05, 4.69) is 74.2 Å². The van der Waals surface area contributed by atoms with Gasteiger partial charge in [0.25, 0.3) is 5.91 Å². The quantitative estimate of drug-likeness (QED) is 0.0207. The van der Waals surface area contributed by atoms with Gasteiger partial charge in [0.2, 0.25) is 43.8 Å². The van der Waals surface area contributed by atoms with Gasteiger partial charge in [-0.15, -0.1) is 0 Å². The lowest BCUT2D eigenvalue weighted by molar-refractivity contribution is -0.138. The van der Waals surface area contributed by atoms with Crippen LogP contribution in [0.3, 0.4) is 0 Å². The lowest BCUT2D eigenvalue weighted by Gasteiger charge is -2.38. The van der Waals surface area contributed by atoms with Crippen LogP contribution in [0.2, 0.25) is 15.1 Å². The monoisotopic (exact) mass is 1760 g/mol. The van der Waals surface area contributed by atoms with E-state index in [1.807, 2.05) is 13.0 Å². The van der Waals surface area contributed by atoms with Gasteiger partial charge in [-0.05, 0) is 189 Å². The molecule has 7 atom stereocenters. The number of ether oxygens (including phenoxy) is 4. The molecule has 2 saturated heterocycles. The Hall–Kier alpha value is -7.35. The number of nitrogens with zero attached hydrogens (tertiary/aromatic N) is 11. The van der Waals surface area contributed by atoms with Gasteiger partial charge in [0.05, 0.1) is 113 Å². The minimum absolute atomic E-state index is 0.0132. The minimum atomic E-state index is -4.62. The van der Waals surface area contributed by atoms with Crippen molar-refractivity contribution in [2.75, 3.05) is 136 Å². The van der Waals surface area contributed by atoms with Crippen molar-refractivity contribution in [1.29, 1.82) is 0 Å². The summed E-state index contributed by atoms with van der Waals surface area (Å²) in [5.41, 5.74) is 4.25. The van der Waals surface area contributed by atoms with E-state index in [0.29, 0.717) is 117 Å². The van der Waals surface area contributed by atoms with Crippen LogP contribution in [0.15, 0.2) is 61.1 Å². The largest absolute Gasteiger partial charge is 0.495 e. The standard InChI is InChI=1S/C29H42ClN5O4S.C28H40Cl2N6O5S.C24H32F3N5O3S/c1-19-14-25(28(39-4)17-22(19)27(36)15-20-10-12-34(2)13-11-20)33-29-31-18-23(30)24(32-29)16-21-8-6-7-9-26(21)35(3)40(5,37)38;1-35(42(4,38)39)25-7-5-6-18(25)14-23-22(30)17-31-28(33-23)34-24-16-21(29)20(15-26(24)41-3)27(37)32-19-8-10-36(11-9-19)12-13-40-2;1-15(33)29-17-10-11-19(22(13-17)35-3)30-23-28-14-18(24(25,26)27)20(31-23)12-16-8-6-7-9-21(16)32(2)36(4,5)34/h14,17-18,20-21,26H,6-13,15-16H2,1-5H3,(H,31,32,33);15-19,25H,5-14H2,1-4H3,(H,32,37)(H,31,33,34);10-11,13-14,16,21H,4,6-9,12H2,1-3,5H3,(H,29,33)(H,28,30,31)/t21-,26+;18-,25+;16-,21+,36?/m000/s1. The number of halogens is 6. The molecule has 650 valence electrons. The average molecular weight is 1760 g/mol. The van der Waals surface area contributed by atoms with Crippen molar-refractivity contribution in [1.82, 2.24) is 57.9 Å². The zero-order chi connectivity index (χ0) is 86.1. The Labute approximate surface area is 708 Å². The highest BCUT2D eigenvalue weighted by Crippen LogP contribution is 2.42. The predicted molar refractivity (Wildman–Crippen MR) is 460 cm³/mol. The second-order valence-corrected chi connectivity index (χ2v) is 39.3. The van der Waals surface area contributed by atoms with Crippen LogP contribution in [0.1, 0.15) is 159 Å². The number of ketones is 1. The first kappa shape index (κ1) is 94.5. The van der Waals surface area contributed by atoms with Gasteiger partial charge in [0, 0.05) is 118 Å². The summed E-state index contributed by atoms with van der Waals surface area (Å²) in [5, 5.41) is 16.2. The fourth-order valence-corrected chi connectivity index (χ4v) is 19.2. The molecule has 3 aromatic heterocycles. The van der Waals surface area contributed by atoms with E-state index in [1.165, 1.54) is 54.7 Å². The molecule has 5 N–H and O–H groups in total. The molecule has 3 aromatic carbocycles. The Kier molecular flexibility index (Phi) is 34.0. The Morgan fingerprint density at radius 2 is 1.03 bits per heavy atom. The second kappa shape index (κ2) is 42.4. The Balaban J connectivity index is 0.000000202. The van der Waals surface area contributed by atoms with Crippen molar-refractivity contribution in [2.24, 2.45) is 23.7 Å². The molecular formula is C81H114Cl3F3N16O12S3. The number of hydrogen-bond donors (Lipinski definition) is 5. The van der Waals surface area contributed by atoms with Crippen LogP contribution in [0.5, 0.6) is 17.2 Å². The highest BCUT2D eigenvalue weighted by atomic mass is 35.5. The molecule has 37 heteroatoms. The van der Waals surface area contributed by atoms with Crippen molar-refractivity contribution in [3.8, 4) is 17.2 Å². The Bertz CT molecular complexity index is 4820. The van der Waals surface area contributed by atoms with Crippen LogP contribution in [0.25, 0.3) is 0 Å². The molecule has 5 fully saturated rings. The third-order valence-electron chi connectivity index (χ3n) is 23.1. The van der Waals surface area contributed by atoms with Gasteiger partial charge in [0.15, 0.2) is 5.78 Å². The number of carbonyl (C=O) groups excluding carboxylic acids is 3. The van der Waals surface area contributed by atoms with Crippen molar-refractivity contribution >= 4 is 129 Å². The zero-order valence-corrected chi connectivity index (χ0v) is 74.3. The van der Waals surface area contributed by atoms with Crippen molar-refractivity contribution < 1.29 is 67.5 Å². The number of anilines is 7. The Morgan fingerprint density at radius 3 is 1.53 bits per heavy atom. The van der Waals surface area contributed by atoms with E-state index in [4.69, 9.17) is 58.7 Å². The maximum absolute atomic E-state index is 13.9. The first-order chi connectivity index (χ1) is 55.7. The SMILES string of the molecule is C=S(C)(=O)N(C)[C@@H]1CCCC[C@H]1Cc1nc(Nc2ccc(NC(C)=O)cc2OC)ncc1C(F)(F)F.COCCN1CCC(NC(=O)c2cc(OC)c(Nc3ncc(Cl)c(C[C@@H]4CCC[C@H]4N(C)S(C)(=O)=O)n3)cc2Cl)CC1.COc1cc(C(=O)CC2CCN(C)CC2)c(C)cc1Nc1ncc(Cl)c(C[C@@H]2CCCC[C@H]2N(C)S(C)(=O)=O)n1. The number of hydrogen-bond acceptors (Lipinski definition) is 23. The van der Waals surface area contributed by atoms with E-state index in [9.17, 15) is 48.6 Å². The number of aryl methyl sites for hydroxylation is 1. The van der Waals surface area contributed by atoms with Crippen molar-refractivity contribution in [3.63, 3.8) is 0 Å². The van der Waals surface area contributed by atoms with Crippen LogP contribution in [0.4, 0.5) is 53.8 Å². The number of rotatable bonds is 30. The number of aromatic nitrogens is 6. The fraction of sp³-hybridized carbons (Fsp3) is 0.580. The lowest BCUT2D eigenvalue weighted by atomic mass is 9.81. The third kappa shape index (κ3) is 26.3. The average Bonchev–Trinajstić information content (AvgIpc) is 0.931. The maximum Gasteiger partial charge on any atom is 0.419 e. The molecule has 2 amide bonds. The van der Waals surface area contributed by atoms with Crippen LogP contribution in [0, 0.1) is 30.6 Å². The van der Waals surface area contributed by atoms with Crippen LogP contribution >= 0.6 is 34.8 Å². The summed E-state index contributed by atoms with van der Waals surface area (Å²) in [6.07, 6.45) is 18.4. The third-order valence-corrected chi connectivity index (χ3v) is 28.1. The smallest absolute Gasteiger partial charge is 0.419 e. The van der Waals surface area contributed by atoms with Crippen molar-refractivity contribution in [3.05, 3.63) is 115 Å². The Morgan fingerprint density at radius 1 is 0.576 bits per heavy atom. The summed E-state index contributed by atoms with van der Waals surface area (Å²) >= 11 is 19.6. The van der Waals surface area contributed by atoms with Gasteiger partial charge in [-0.3, -0.25) is 18.6 Å². The van der Waals surface area contributed by atoms with Gasteiger partial charge >= 0.3 is 6.18 Å². The molecule has 0 radical (unpaired) electrons. The van der Waals surface area contributed by atoms with E-state index in [1.54, 1.807) is 82.3 Å². The highest BCUT2D eigenvalue weighted by molar-refractivity contribution is 7.97. The van der Waals surface area contributed by atoms with E-state index in [0.717, 1.165) is 134 Å². The van der Waals surface area contributed by atoms with Gasteiger partial charge in [-0.2, -0.15) is 13.2 Å². The number of likely N-dealkylation sites (tertiary alicyclic amines) is 2. The topological polar surface area (TPSA) is 327 Å². The molecule has 2 aliphatic heterocycles. The summed E-state index contributed by atoms with van der Waals surface area (Å²) in [4.78, 5) is 68.5. The predicted octanol–water partition coefficient (Wildman–Crippen LogP) is 13.6. The molecule has 0 bridgehead atoms. The first-order valence-electron chi connectivity index (χ1n) is 39.7. The molecule has 118 heavy (non-hydrogen) atoms.